The molecule has 0 aromatic carbocycles. The number of nitrogens with zero attached hydrogens (tertiary/aromatic N) is 4. The Kier molecular flexibility index (Phi) is 11.0. The van der Waals surface area contributed by atoms with Crippen molar-refractivity contribution in [2.24, 2.45) is 17.3 Å². The predicted octanol–water partition coefficient (Wildman–Crippen LogP) is 3.58. The lowest BCUT2D eigenvalue weighted by molar-refractivity contribution is -0.193. The molecule has 0 bridgehead atoms. The van der Waals surface area contributed by atoms with Crippen LogP contribution in [0.4, 0.5) is 32.3 Å². The van der Waals surface area contributed by atoms with E-state index in [1.165, 1.54) is 18.4 Å². The van der Waals surface area contributed by atoms with Crippen molar-refractivity contribution in [3.05, 3.63) is 42.6 Å². The smallest absolute Gasteiger partial charge is 0.475 e. The van der Waals surface area contributed by atoms with E-state index in [0.717, 1.165) is 51.5 Å². The maximum atomic E-state index is 13.5. The highest BCUT2D eigenvalue weighted by Gasteiger charge is 2.53. The first-order valence-electron chi connectivity index (χ1n) is 13.3. The van der Waals surface area contributed by atoms with Crippen molar-refractivity contribution in [1.29, 1.82) is 0 Å². The van der Waals surface area contributed by atoms with Gasteiger partial charge in [-0.2, -0.15) is 26.3 Å². The van der Waals surface area contributed by atoms with Crippen molar-refractivity contribution in [2.45, 2.75) is 44.6 Å². The van der Waals surface area contributed by atoms with Gasteiger partial charge in [0.15, 0.2) is 0 Å². The SMILES string of the molecule is O=C(NCC1CC1)[C@@]12CCCN(Cc3ccoc3)C[C@H]1CN(c1ncccn1)C2.O=C(O)C(F)(F)F.O=C(O)C(F)(F)F. The number of fused-ring (bicyclic) bond motifs is 1. The molecule has 238 valence electrons. The number of hydrogen-bond acceptors (Lipinski definition) is 8. The van der Waals surface area contributed by atoms with Gasteiger partial charge in [0, 0.05) is 56.6 Å². The van der Waals surface area contributed by atoms with Gasteiger partial charge in [0.25, 0.3) is 0 Å². The zero-order chi connectivity index (χ0) is 31.8. The topological polar surface area (TPSA) is 149 Å². The second kappa shape index (κ2) is 14.1. The number of hydrogen-bond donors (Lipinski definition) is 3. The first-order chi connectivity index (χ1) is 20.1. The highest BCUT2D eigenvalue weighted by atomic mass is 19.4. The maximum Gasteiger partial charge on any atom is 0.490 e. The summed E-state index contributed by atoms with van der Waals surface area (Å²) in [5.74, 6) is -3.60. The zero-order valence-electron chi connectivity index (χ0n) is 22.8. The Hall–Kier alpha value is -3.89. The number of carbonyl (C=O) groups is 3. The molecule has 2 aromatic heterocycles. The third kappa shape index (κ3) is 9.83. The monoisotopic (exact) mass is 623 g/mol. The summed E-state index contributed by atoms with van der Waals surface area (Å²) in [6.07, 6.45) is 1.38. The lowest BCUT2D eigenvalue weighted by Gasteiger charge is -2.32. The first-order valence-corrected chi connectivity index (χ1v) is 13.3. The molecular weight excluding hydrogens is 592 g/mol. The third-order valence-corrected chi connectivity index (χ3v) is 7.28. The molecule has 43 heavy (non-hydrogen) atoms. The molecule has 0 unspecified atom stereocenters. The summed E-state index contributed by atoms with van der Waals surface area (Å²) in [6.45, 7) is 5.15. The van der Waals surface area contributed by atoms with Gasteiger partial charge in [-0.3, -0.25) is 9.69 Å². The number of halogens is 6. The average Bonchev–Trinajstić information content (AvgIpc) is 3.54. The second-order valence-corrected chi connectivity index (χ2v) is 10.5. The Morgan fingerprint density at radius 2 is 1.63 bits per heavy atom. The summed E-state index contributed by atoms with van der Waals surface area (Å²) in [6, 6.07) is 3.86. The molecule has 2 aromatic rings. The van der Waals surface area contributed by atoms with Crippen LogP contribution in [0.2, 0.25) is 0 Å². The molecule has 2 aliphatic heterocycles. The predicted molar refractivity (Wildman–Crippen MR) is 137 cm³/mol. The normalized spacial score (nSPS) is 22.2. The zero-order valence-corrected chi connectivity index (χ0v) is 22.8. The summed E-state index contributed by atoms with van der Waals surface area (Å²) in [7, 11) is 0. The number of rotatable bonds is 6. The van der Waals surface area contributed by atoms with Crippen LogP contribution in [-0.2, 0) is 20.9 Å². The number of carboxylic acid groups (broad SMARTS) is 2. The minimum absolute atomic E-state index is 0.234. The van der Waals surface area contributed by atoms with Crippen molar-refractivity contribution in [3.8, 4) is 0 Å². The minimum atomic E-state index is -5.08. The van der Waals surface area contributed by atoms with Crippen LogP contribution in [0.1, 0.15) is 31.2 Å². The van der Waals surface area contributed by atoms with Gasteiger partial charge in [-0.25, -0.2) is 19.6 Å². The van der Waals surface area contributed by atoms with Crippen LogP contribution < -0.4 is 10.2 Å². The van der Waals surface area contributed by atoms with Crippen LogP contribution in [0.5, 0.6) is 0 Å². The number of alkyl halides is 6. The molecule has 3 fully saturated rings. The van der Waals surface area contributed by atoms with Gasteiger partial charge >= 0.3 is 24.3 Å². The molecule has 3 N–H and O–H groups in total. The molecule has 2 saturated heterocycles. The molecule has 4 heterocycles. The van der Waals surface area contributed by atoms with Gasteiger partial charge in [0.05, 0.1) is 17.9 Å². The van der Waals surface area contributed by atoms with E-state index >= 15 is 0 Å². The van der Waals surface area contributed by atoms with E-state index in [4.69, 9.17) is 24.2 Å². The van der Waals surface area contributed by atoms with E-state index in [1.807, 2.05) is 18.4 Å². The lowest BCUT2D eigenvalue weighted by atomic mass is 9.74. The fraction of sp³-hybridized carbons (Fsp3) is 0.577. The van der Waals surface area contributed by atoms with Gasteiger partial charge in [-0.15, -0.1) is 0 Å². The molecule has 1 amide bonds. The van der Waals surface area contributed by atoms with Gasteiger partial charge in [0.2, 0.25) is 11.9 Å². The number of furan rings is 1. The van der Waals surface area contributed by atoms with Gasteiger partial charge in [0.1, 0.15) is 0 Å². The Morgan fingerprint density at radius 1 is 1.02 bits per heavy atom. The number of nitrogens with one attached hydrogen (secondary N) is 1. The van der Waals surface area contributed by atoms with Crippen LogP contribution in [0, 0.1) is 17.3 Å². The fourth-order valence-corrected chi connectivity index (χ4v) is 5.01. The molecule has 1 aliphatic carbocycles. The quantitative estimate of drug-likeness (QED) is 0.408. The Bertz CT molecular complexity index is 1190. The van der Waals surface area contributed by atoms with Crippen molar-refractivity contribution in [1.82, 2.24) is 20.2 Å². The molecule has 0 radical (unpaired) electrons. The number of likely N-dealkylation sites (tertiary alicyclic amines) is 1. The van der Waals surface area contributed by atoms with E-state index in [2.05, 4.69) is 25.1 Å². The third-order valence-electron chi connectivity index (χ3n) is 7.28. The van der Waals surface area contributed by atoms with E-state index in [1.54, 1.807) is 18.7 Å². The molecule has 2 atom stereocenters. The summed E-state index contributed by atoms with van der Waals surface area (Å²) in [4.78, 5) is 44.9. The van der Waals surface area contributed by atoms with E-state index in [-0.39, 0.29) is 17.2 Å². The number of carbonyl (C=O) groups excluding carboxylic acids is 1. The van der Waals surface area contributed by atoms with Crippen LogP contribution in [0.25, 0.3) is 0 Å². The number of amides is 1. The highest BCUT2D eigenvalue weighted by molar-refractivity contribution is 5.84. The van der Waals surface area contributed by atoms with Gasteiger partial charge in [-0.05, 0) is 50.3 Å². The molecule has 1 saturated carbocycles. The van der Waals surface area contributed by atoms with E-state index in [0.29, 0.717) is 12.5 Å². The van der Waals surface area contributed by atoms with Crippen LogP contribution in [0.15, 0.2) is 41.5 Å². The fourth-order valence-electron chi connectivity index (χ4n) is 5.01. The number of carboxylic acids is 2. The van der Waals surface area contributed by atoms with E-state index in [9.17, 15) is 31.1 Å². The van der Waals surface area contributed by atoms with Crippen molar-refractivity contribution in [2.75, 3.05) is 37.6 Å². The first kappa shape index (κ1) is 33.6. The maximum absolute atomic E-state index is 13.5. The Labute approximate surface area is 241 Å². The number of anilines is 1. The summed E-state index contributed by atoms with van der Waals surface area (Å²) in [5.41, 5.74) is 0.830. The molecule has 0 spiro atoms. The average molecular weight is 624 g/mol. The van der Waals surface area contributed by atoms with Crippen molar-refractivity contribution in [3.63, 3.8) is 0 Å². The Morgan fingerprint density at radius 3 is 2.14 bits per heavy atom. The molecule has 3 aliphatic rings. The summed E-state index contributed by atoms with van der Waals surface area (Å²) < 4.78 is 68.7. The molecule has 11 nitrogen and oxygen atoms in total. The lowest BCUT2D eigenvalue weighted by Crippen LogP contribution is -2.48. The van der Waals surface area contributed by atoms with E-state index < -0.39 is 24.3 Å². The number of aromatic nitrogens is 2. The molecule has 17 heteroatoms. The Balaban J connectivity index is 0.000000303. The van der Waals surface area contributed by atoms with Crippen LogP contribution in [0.3, 0.4) is 0 Å². The summed E-state index contributed by atoms with van der Waals surface area (Å²) >= 11 is 0. The van der Waals surface area contributed by atoms with Gasteiger partial charge < -0.3 is 24.8 Å². The van der Waals surface area contributed by atoms with Gasteiger partial charge in [-0.1, -0.05) is 0 Å². The minimum Gasteiger partial charge on any atom is -0.475 e. The standard InChI is InChI=1S/C22H29N5O2.2C2HF3O2/c28-20(25-11-17-3-4-17)22-6-1-9-26(12-18-5-10-29-15-18)13-19(22)14-27(16-22)21-23-7-2-8-24-21;2*3-2(4,5)1(6)7/h2,5,7-8,10,15,17,19H,1,3-4,6,9,11-14,16H2,(H,25,28);2*(H,6,7)/t19-,22+;;/m0../s1. The summed E-state index contributed by atoms with van der Waals surface area (Å²) in [5, 5.41) is 17.5. The molecular formula is C26H31F6N5O6. The second-order valence-electron chi connectivity index (χ2n) is 10.5. The molecule has 5 rings (SSSR count). The largest absolute Gasteiger partial charge is 0.490 e. The van der Waals surface area contributed by atoms with Crippen molar-refractivity contribution >= 4 is 23.8 Å². The highest BCUT2D eigenvalue weighted by Crippen LogP contribution is 2.44. The number of aliphatic carboxylic acids is 2. The van der Waals surface area contributed by atoms with Crippen LogP contribution >= 0.6 is 0 Å². The van der Waals surface area contributed by atoms with Crippen LogP contribution in [-0.4, -0.2) is 88.0 Å². The van der Waals surface area contributed by atoms with Crippen molar-refractivity contribution < 1.29 is 55.4 Å².